The van der Waals surface area contributed by atoms with Gasteiger partial charge in [-0.1, -0.05) is 17.7 Å². The van der Waals surface area contributed by atoms with Gasteiger partial charge in [0, 0.05) is 10.6 Å². The van der Waals surface area contributed by atoms with E-state index in [1.54, 1.807) is 18.2 Å². The monoisotopic (exact) mass is 169 g/mol. The fourth-order valence-electron chi connectivity index (χ4n) is 0.772. The van der Waals surface area contributed by atoms with E-state index in [-0.39, 0.29) is 0 Å². The molecule has 0 aliphatic rings. The highest BCUT2D eigenvalue weighted by Gasteiger charge is 2.01. The first-order valence-electron chi connectivity index (χ1n) is 3.13. The van der Waals surface area contributed by atoms with Gasteiger partial charge in [-0.3, -0.25) is 0 Å². The standard InChI is InChI=1S/C7H7BClO2/c1-5-6(9)3-2-4-7(5)11-8-10/h2-4,10H,1H3. The van der Waals surface area contributed by atoms with Gasteiger partial charge in [0.2, 0.25) is 0 Å². The normalized spacial score (nSPS) is 9.36. The first-order chi connectivity index (χ1) is 5.25. The van der Waals surface area contributed by atoms with Crippen molar-refractivity contribution in [2.24, 2.45) is 0 Å². The van der Waals surface area contributed by atoms with Crippen LogP contribution in [0.1, 0.15) is 5.56 Å². The smallest absolute Gasteiger partial charge is 0.537 e. The summed E-state index contributed by atoms with van der Waals surface area (Å²) in [4.78, 5) is 0. The molecule has 1 N–H and O–H groups in total. The topological polar surface area (TPSA) is 29.5 Å². The second kappa shape index (κ2) is 3.65. The molecule has 0 fully saturated rings. The van der Waals surface area contributed by atoms with Crippen LogP contribution in [0.25, 0.3) is 0 Å². The van der Waals surface area contributed by atoms with Crippen LogP contribution in [0.15, 0.2) is 18.2 Å². The van der Waals surface area contributed by atoms with Gasteiger partial charge in [0.15, 0.2) is 0 Å². The van der Waals surface area contributed by atoms with Crippen LogP contribution in [0.4, 0.5) is 0 Å². The summed E-state index contributed by atoms with van der Waals surface area (Å²) in [6, 6.07) is 5.25. The second-order valence-electron chi connectivity index (χ2n) is 2.09. The van der Waals surface area contributed by atoms with Crippen LogP contribution in [-0.4, -0.2) is 12.7 Å². The summed E-state index contributed by atoms with van der Waals surface area (Å²) in [6.45, 7) is 1.82. The molecule has 1 aromatic carbocycles. The Labute approximate surface area is 71.1 Å². The number of hydrogen-bond donors (Lipinski definition) is 1. The van der Waals surface area contributed by atoms with E-state index >= 15 is 0 Å². The number of rotatable bonds is 2. The van der Waals surface area contributed by atoms with E-state index in [2.05, 4.69) is 0 Å². The average Bonchev–Trinajstić information content (AvgIpc) is 1.99. The van der Waals surface area contributed by atoms with E-state index in [1.165, 1.54) is 0 Å². The van der Waals surface area contributed by atoms with Gasteiger partial charge >= 0.3 is 7.69 Å². The first kappa shape index (κ1) is 8.43. The molecule has 2 nitrogen and oxygen atoms in total. The van der Waals surface area contributed by atoms with Crippen LogP contribution in [0.3, 0.4) is 0 Å². The van der Waals surface area contributed by atoms with E-state index in [9.17, 15) is 0 Å². The van der Waals surface area contributed by atoms with Crippen LogP contribution in [-0.2, 0) is 0 Å². The zero-order chi connectivity index (χ0) is 8.27. The molecule has 0 aliphatic heterocycles. The molecule has 0 unspecified atom stereocenters. The Morgan fingerprint density at radius 1 is 1.55 bits per heavy atom. The maximum Gasteiger partial charge on any atom is 0.569 e. The lowest BCUT2D eigenvalue weighted by Gasteiger charge is -2.05. The van der Waals surface area contributed by atoms with E-state index in [0.717, 1.165) is 5.56 Å². The molecular weight excluding hydrogens is 162 g/mol. The third kappa shape index (κ3) is 1.88. The molecule has 0 bridgehead atoms. The first-order valence-corrected chi connectivity index (χ1v) is 3.51. The Hall–Kier alpha value is -0.665. The van der Waals surface area contributed by atoms with Crippen molar-refractivity contribution in [2.75, 3.05) is 0 Å². The Morgan fingerprint density at radius 2 is 2.27 bits per heavy atom. The number of benzene rings is 1. The highest BCUT2D eigenvalue weighted by molar-refractivity contribution is 6.31. The largest absolute Gasteiger partial charge is 0.569 e. The molecule has 0 aromatic heterocycles. The molecule has 1 rings (SSSR count). The maximum absolute atomic E-state index is 8.34. The quantitative estimate of drug-likeness (QED) is 0.681. The van der Waals surface area contributed by atoms with Crippen molar-refractivity contribution in [3.8, 4) is 5.75 Å². The van der Waals surface area contributed by atoms with Gasteiger partial charge in [0.1, 0.15) is 5.75 Å². The minimum Gasteiger partial charge on any atom is -0.537 e. The van der Waals surface area contributed by atoms with Crippen LogP contribution in [0, 0.1) is 6.92 Å². The fourth-order valence-corrected chi connectivity index (χ4v) is 0.938. The molecule has 57 valence electrons. The van der Waals surface area contributed by atoms with E-state index < -0.39 is 0 Å². The van der Waals surface area contributed by atoms with Gasteiger partial charge in [0.25, 0.3) is 0 Å². The molecular formula is C7H7BClO2. The van der Waals surface area contributed by atoms with Crippen LogP contribution < -0.4 is 4.65 Å². The van der Waals surface area contributed by atoms with E-state index in [1.807, 2.05) is 6.92 Å². The van der Waals surface area contributed by atoms with Crippen molar-refractivity contribution in [3.05, 3.63) is 28.8 Å². The lowest BCUT2D eigenvalue weighted by molar-refractivity contribution is 0.452. The minimum atomic E-state index is 0.569. The van der Waals surface area contributed by atoms with Gasteiger partial charge in [-0.25, -0.2) is 0 Å². The van der Waals surface area contributed by atoms with Crippen LogP contribution in [0.5, 0.6) is 5.75 Å². The zero-order valence-electron chi connectivity index (χ0n) is 6.04. The molecule has 0 saturated heterocycles. The molecule has 1 radical (unpaired) electrons. The molecule has 0 heterocycles. The van der Waals surface area contributed by atoms with Crippen molar-refractivity contribution < 1.29 is 9.68 Å². The van der Waals surface area contributed by atoms with Gasteiger partial charge in [-0.15, -0.1) is 0 Å². The van der Waals surface area contributed by atoms with Gasteiger partial charge < -0.3 is 9.68 Å². The minimum absolute atomic E-state index is 0.569. The highest BCUT2D eigenvalue weighted by Crippen LogP contribution is 2.24. The predicted molar refractivity (Wildman–Crippen MR) is 44.8 cm³/mol. The number of halogens is 1. The number of hydrogen-bond acceptors (Lipinski definition) is 2. The van der Waals surface area contributed by atoms with Gasteiger partial charge in [-0.05, 0) is 19.1 Å². The predicted octanol–water partition coefficient (Wildman–Crippen LogP) is 1.55. The second-order valence-corrected chi connectivity index (χ2v) is 2.49. The summed E-state index contributed by atoms with van der Waals surface area (Å²) in [5.74, 6) is 0.569. The van der Waals surface area contributed by atoms with Crippen LogP contribution in [0.2, 0.25) is 5.02 Å². The summed E-state index contributed by atoms with van der Waals surface area (Å²) in [5, 5.41) is 8.97. The molecule has 0 amide bonds. The summed E-state index contributed by atoms with van der Waals surface area (Å²) in [6.07, 6.45) is 0. The van der Waals surface area contributed by atoms with E-state index in [0.29, 0.717) is 18.5 Å². The molecule has 1 aromatic rings. The molecule has 0 atom stereocenters. The average molecular weight is 169 g/mol. The van der Waals surface area contributed by atoms with Crippen molar-refractivity contribution in [2.45, 2.75) is 6.92 Å². The molecule has 0 saturated carbocycles. The van der Waals surface area contributed by atoms with Gasteiger partial charge in [0.05, 0.1) is 0 Å². The third-order valence-corrected chi connectivity index (χ3v) is 1.81. The molecule has 0 spiro atoms. The summed E-state index contributed by atoms with van der Waals surface area (Å²) in [7, 11) is 0.638. The van der Waals surface area contributed by atoms with Crippen molar-refractivity contribution in [3.63, 3.8) is 0 Å². The summed E-state index contributed by atoms with van der Waals surface area (Å²) in [5.41, 5.74) is 0.819. The van der Waals surface area contributed by atoms with Crippen molar-refractivity contribution in [1.29, 1.82) is 0 Å². The maximum atomic E-state index is 8.34. The van der Waals surface area contributed by atoms with Crippen LogP contribution >= 0.6 is 11.6 Å². The Bertz CT molecular complexity index is 252. The lowest BCUT2D eigenvalue weighted by atomic mass is 10.2. The molecule has 4 heteroatoms. The highest BCUT2D eigenvalue weighted by atomic mass is 35.5. The third-order valence-electron chi connectivity index (χ3n) is 1.40. The summed E-state index contributed by atoms with van der Waals surface area (Å²) >= 11 is 5.77. The Kier molecular flexibility index (Phi) is 2.80. The van der Waals surface area contributed by atoms with Crippen molar-refractivity contribution in [1.82, 2.24) is 0 Å². The fraction of sp³-hybridized carbons (Fsp3) is 0.143. The van der Waals surface area contributed by atoms with E-state index in [4.69, 9.17) is 21.3 Å². The lowest BCUT2D eigenvalue weighted by Crippen LogP contribution is -2.01. The van der Waals surface area contributed by atoms with Crippen molar-refractivity contribution >= 4 is 19.3 Å². The molecule has 0 aliphatic carbocycles. The zero-order valence-corrected chi connectivity index (χ0v) is 6.80. The van der Waals surface area contributed by atoms with Gasteiger partial charge in [-0.2, -0.15) is 0 Å². The SMILES string of the molecule is Cc1c(Cl)cccc1O[B]O. The summed E-state index contributed by atoms with van der Waals surface area (Å²) < 4.78 is 4.76. The Morgan fingerprint density at radius 3 is 2.91 bits per heavy atom. The Balaban J connectivity index is 2.96. The molecule has 11 heavy (non-hydrogen) atoms.